The molecule has 4 rings (SSSR count). The lowest BCUT2D eigenvalue weighted by Crippen LogP contribution is -2.17. The van der Waals surface area contributed by atoms with Gasteiger partial charge in [0.05, 0.1) is 0 Å². The molecule has 0 spiro atoms. The summed E-state index contributed by atoms with van der Waals surface area (Å²) in [7, 11) is 0. The van der Waals surface area contributed by atoms with Crippen LogP contribution in [0.15, 0.2) is 42.0 Å². The lowest BCUT2D eigenvalue weighted by Gasteiger charge is -2.29. The van der Waals surface area contributed by atoms with Gasteiger partial charge in [0.25, 0.3) is 0 Å². The third kappa shape index (κ3) is 6.86. The Morgan fingerprint density at radius 3 is 2.26 bits per heavy atom. The summed E-state index contributed by atoms with van der Waals surface area (Å²) in [4.78, 5) is 0. The number of ether oxygens (including phenoxy) is 1. The van der Waals surface area contributed by atoms with E-state index in [1.807, 2.05) is 0 Å². The molecule has 2 aromatic rings. The van der Waals surface area contributed by atoms with Crippen molar-refractivity contribution in [3.05, 3.63) is 64.7 Å². The molecule has 0 radical (unpaired) electrons. The molecule has 0 amide bonds. The predicted octanol–water partition coefficient (Wildman–Crippen LogP) is 9.33. The highest BCUT2D eigenvalue weighted by molar-refractivity contribution is 5.67. The maximum Gasteiger partial charge on any atom is 0.573 e. The summed E-state index contributed by atoms with van der Waals surface area (Å²) < 4.78 is 69.9. The van der Waals surface area contributed by atoms with Crippen LogP contribution in [0.4, 0.5) is 22.0 Å². The van der Waals surface area contributed by atoms with Crippen LogP contribution in [-0.4, -0.2) is 6.36 Å². The molecule has 0 aromatic heterocycles. The van der Waals surface area contributed by atoms with Crippen LogP contribution in [0.2, 0.25) is 0 Å². The molecule has 190 valence electrons. The van der Waals surface area contributed by atoms with E-state index in [9.17, 15) is 22.0 Å². The first kappa shape index (κ1) is 25.7. The Morgan fingerprint density at radius 2 is 1.60 bits per heavy atom. The van der Waals surface area contributed by atoms with Crippen molar-refractivity contribution >= 4 is 0 Å². The highest BCUT2D eigenvalue weighted by Crippen LogP contribution is 2.37. The molecular formula is C29H33F5O. The summed E-state index contributed by atoms with van der Waals surface area (Å²) >= 11 is 0. The molecule has 0 unspecified atom stereocenters. The van der Waals surface area contributed by atoms with Gasteiger partial charge in [-0.2, -0.15) is 0 Å². The van der Waals surface area contributed by atoms with E-state index in [0.717, 1.165) is 41.5 Å². The standard InChI is InChI=1S/C29H33F5O/c1-2-3-4-19-5-7-20(8-6-19)9-10-21-11-12-22-16-25(26(30)18-24(22)15-21)23-13-14-28(27(31)17-23)35-29(32,33)34/h11,13-14,16-20H,2-10,12,15H2,1H3. The molecule has 0 aliphatic heterocycles. The molecule has 2 aliphatic rings. The normalized spacial score (nSPS) is 20.3. The van der Waals surface area contributed by atoms with Crippen molar-refractivity contribution in [3.8, 4) is 16.9 Å². The minimum atomic E-state index is -4.99. The van der Waals surface area contributed by atoms with E-state index < -0.39 is 23.7 Å². The van der Waals surface area contributed by atoms with Gasteiger partial charge in [-0.05, 0) is 78.5 Å². The number of rotatable bonds is 8. The van der Waals surface area contributed by atoms with Crippen LogP contribution in [0.5, 0.6) is 5.75 Å². The van der Waals surface area contributed by atoms with Crippen LogP contribution in [0, 0.1) is 23.5 Å². The Kier molecular flexibility index (Phi) is 8.18. The summed E-state index contributed by atoms with van der Waals surface area (Å²) in [5.41, 5.74) is 3.61. The fourth-order valence-electron chi connectivity index (χ4n) is 5.56. The third-order valence-corrected chi connectivity index (χ3v) is 7.59. The van der Waals surface area contributed by atoms with E-state index in [4.69, 9.17) is 0 Å². The van der Waals surface area contributed by atoms with Gasteiger partial charge in [0, 0.05) is 5.56 Å². The van der Waals surface area contributed by atoms with Crippen molar-refractivity contribution in [1.82, 2.24) is 0 Å². The molecule has 0 atom stereocenters. The summed E-state index contributed by atoms with van der Waals surface area (Å²) in [6.45, 7) is 2.25. The second kappa shape index (κ2) is 11.1. The van der Waals surface area contributed by atoms with E-state index in [2.05, 4.69) is 17.7 Å². The molecule has 0 heterocycles. The Hall–Kier alpha value is -2.37. The Labute approximate surface area is 204 Å². The van der Waals surface area contributed by atoms with Crippen LogP contribution in [0.3, 0.4) is 0 Å². The van der Waals surface area contributed by atoms with Crippen LogP contribution < -0.4 is 4.74 Å². The molecule has 2 aliphatic carbocycles. The first-order valence-electron chi connectivity index (χ1n) is 12.8. The number of unbranched alkanes of at least 4 members (excludes halogenated alkanes) is 1. The molecule has 1 nitrogen and oxygen atoms in total. The monoisotopic (exact) mass is 492 g/mol. The Bertz CT molecular complexity index is 1050. The smallest absolute Gasteiger partial charge is 0.403 e. The van der Waals surface area contributed by atoms with Crippen LogP contribution in [0.1, 0.15) is 75.8 Å². The number of allylic oxidation sites excluding steroid dienone is 2. The van der Waals surface area contributed by atoms with Gasteiger partial charge in [-0.3, -0.25) is 0 Å². The molecule has 0 saturated heterocycles. The van der Waals surface area contributed by atoms with Gasteiger partial charge in [-0.25, -0.2) is 8.78 Å². The lowest BCUT2D eigenvalue weighted by molar-refractivity contribution is -0.275. The largest absolute Gasteiger partial charge is 0.573 e. The fraction of sp³-hybridized carbons (Fsp3) is 0.517. The quantitative estimate of drug-likeness (QED) is 0.263. The van der Waals surface area contributed by atoms with Gasteiger partial charge in [-0.15, -0.1) is 13.2 Å². The SMILES string of the molecule is CCCCC1CCC(CCC2=CCc3cc(-c4ccc(OC(F)(F)F)c(F)c4)c(F)cc3C2)CC1. The first-order valence-corrected chi connectivity index (χ1v) is 12.8. The topological polar surface area (TPSA) is 9.23 Å². The molecular weight excluding hydrogens is 459 g/mol. The highest BCUT2D eigenvalue weighted by atomic mass is 19.4. The van der Waals surface area contributed by atoms with Crippen molar-refractivity contribution in [1.29, 1.82) is 0 Å². The third-order valence-electron chi connectivity index (χ3n) is 7.59. The number of hydrogen-bond donors (Lipinski definition) is 0. The number of hydrogen-bond acceptors (Lipinski definition) is 1. The average molecular weight is 493 g/mol. The summed E-state index contributed by atoms with van der Waals surface area (Å²) in [5, 5.41) is 0. The zero-order valence-electron chi connectivity index (χ0n) is 20.2. The maximum atomic E-state index is 14.9. The van der Waals surface area contributed by atoms with E-state index in [1.54, 1.807) is 6.07 Å². The molecule has 0 N–H and O–H groups in total. The van der Waals surface area contributed by atoms with Crippen molar-refractivity contribution < 1.29 is 26.7 Å². The van der Waals surface area contributed by atoms with Gasteiger partial charge < -0.3 is 4.74 Å². The van der Waals surface area contributed by atoms with Crippen molar-refractivity contribution in [3.63, 3.8) is 0 Å². The predicted molar refractivity (Wildman–Crippen MR) is 128 cm³/mol. The number of benzene rings is 2. The zero-order valence-corrected chi connectivity index (χ0v) is 20.2. The minimum absolute atomic E-state index is 0.179. The second-order valence-corrected chi connectivity index (χ2v) is 10.1. The van der Waals surface area contributed by atoms with Crippen LogP contribution in [-0.2, 0) is 12.8 Å². The van der Waals surface area contributed by atoms with Gasteiger partial charge in [0.15, 0.2) is 11.6 Å². The molecule has 6 heteroatoms. The van der Waals surface area contributed by atoms with Gasteiger partial charge >= 0.3 is 6.36 Å². The number of halogens is 5. The highest BCUT2D eigenvalue weighted by Gasteiger charge is 2.32. The average Bonchev–Trinajstić information content (AvgIpc) is 2.82. The molecule has 0 bridgehead atoms. The zero-order chi connectivity index (χ0) is 25.0. The van der Waals surface area contributed by atoms with Crippen LogP contribution in [0.25, 0.3) is 11.1 Å². The summed E-state index contributed by atoms with van der Waals surface area (Å²) in [6.07, 6.45) is 10.2. The minimum Gasteiger partial charge on any atom is -0.403 e. The summed E-state index contributed by atoms with van der Waals surface area (Å²) in [6, 6.07) is 6.19. The molecule has 1 saturated carbocycles. The van der Waals surface area contributed by atoms with Crippen molar-refractivity contribution in [2.45, 2.75) is 83.9 Å². The second-order valence-electron chi connectivity index (χ2n) is 10.1. The molecule has 35 heavy (non-hydrogen) atoms. The first-order chi connectivity index (χ1) is 16.7. The lowest BCUT2D eigenvalue weighted by atomic mass is 9.77. The van der Waals surface area contributed by atoms with E-state index in [1.165, 1.54) is 69.1 Å². The van der Waals surface area contributed by atoms with E-state index >= 15 is 0 Å². The van der Waals surface area contributed by atoms with E-state index in [0.29, 0.717) is 12.8 Å². The maximum absolute atomic E-state index is 14.9. The Balaban J connectivity index is 1.36. The number of alkyl halides is 3. The van der Waals surface area contributed by atoms with Crippen LogP contribution >= 0.6 is 0 Å². The van der Waals surface area contributed by atoms with Gasteiger partial charge in [0.2, 0.25) is 0 Å². The number of fused-ring (bicyclic) bond motifs is 1. The van der Waals surface area contributed by atoms with E-state index in [-0.39, 0.29) is 11.1 Å². The molecule has 2 aromatic carbocycles. The van der Waals surface area contributed by atoms with Gasteiger partial charge in [-0.1, -0.05) is 69.6 Å². The van der Waals surface area contributed by atoms with Crippen molar-refractivity contribution in [2.75, 3.05) is 0 Å². The van der Waals surface area contributed by atoms with Gasteiger partial charge in [0.1, 0.15) is 5.82 Å². The van der Waals surface area contributed by atoms with Crippen molar-refractivity contribution in [2.24, 2.45) is 11.8 Å². The molecule has 1 fully saturated rings. The summed E-state index contributed by atoms with van der Waals surface area (Å²) in [5.74, 6) is -0.918. The Morgan fingerprint density at radius 1 is 0.886 bits per heavy atom. The fourth-order valence-corrected chi connectivity index (χ4v) is 5.56.